The molecule has 0 aliphatic carbocycles. The number of amides is 1. The number of hydrogen-bond acceptors (Lipinski definition) is 5. The number of rotatable bonds is 46. The predicted octanol–water partition coefficient (Wildman–Crippen LogP) is 15.6. The summed E-state index contributed by atoms with van der Waals surface area (Å²) in [6.07, 6.45) is 60.0. The Morgan fingerprint density at radius 1 is 0.475 bits per heavy atom. The summed E-state index contributed by atoms with van der Waals surface area (Å²) in [5.74, 6) is -0.539. The van der Waals surface area contributed by atoms with Gasteiger partial charge in [-0.1, -0.05) is 210 Å². The average Bonchev–Trinajstić information content (AvgIpc) is 3.25. The molecule has 3 N–H and O–H groups in total. The van der Waals surface area contributed by atoms with Crippen molar-refractivity contribution in [1.82, 2.24) is 5.32 Å². The Kier molecular flexibility index (Phi) is 46.6. The fraction of sp³-hybridized carbons (Fsp3) is 0.782. The van der Waals surface area contributed by atoms with Crippen LogP contribution in [0.4, 0.5) is 0 Å². The standard InChI is InChI=1S/C55H99NO5/c1-4-7-10-13-16-19-22-24-25-26-27-28-29-30-33-36-39-42-45-48-55(60)61-51(46-43-40-37-34-31-21-18-15-12-9-6-3)49-54(59)56-52(50-57)53(58)47-44-41-38-35-32-23-20-17-14-11-8-5-2/h16,19,24-25,27-28,30,33-34,37,51-53,57-58H,4-15,17-18,20-23,26,29,31-32,35-36,38-50H2,1-3H3,(H,56,59)/b19-16-,25-24-,28-27-,33-30-,37-34-. The van der Waals surface area contributed by atoms with Crippen LogP contribution in [0.15, 0.2) is 60.8 Å². The second kappa shape index (κ2) is 48.6. The summed E-state index contributed by atoms with van der Waals surface area (Å²) >= 11 is 0. The predicted molar refractivity (Wildman–Crippen MR) is 264 cm³/mol. The SMILES string of the molecule is CCCCC/C=C\C/C=C\C/C=C\C/C=C\CCCCCC(=O)OC(CCC/C=C\CCCCCCCC)CC(=O)NC(CO)C(O)CCCCCCCCCCCCCC. The summed E-state index contributed by atoms with van der Waals surface area (Å²) in [7, 11) is 0. The molecule has 0 aliphatic heterocycles. The minimum absolute atomic E-state index is 0.0428. The third kappa shape index (κ3) is 44.0. The minimum Gasteiger partial charge on any atom is -0.462 e. The van der Waals surface area contributed by atoms with E-state index in [0.717, 1.165) is 83.5 Å². The molecule has 0 heterocycles. The fourth-order valence-electron chi connectivity index (χ4n) is 7.59. The van der Waals surface area contributed by atoms with Crippen LogP contribution in [0.25, 0.3) is 0 Å². The van der Waals surface area contributed by atoms with E-state index in [1.54, 1.807) is 0 Å². The van der Waals surface area contributed by atoms with Crippen molar-refractivity contribution in [3.63, 3.8) is 0 Å². The van der Waals surface area contributed by atoms with Gasteiger partial charge in [-0.3, -0.25) is 9.59 Å². The summed E-state index contributed by atoms with van der Waals surface area (Å²) in [5.41, 5.74) is 0. The van der Waals surface area contributed by atoms with Gasteiger partial charge in [0.25, 0.3) is 0 Å². The van der Waals surface area contributed by atoms with Gasteiger partial charge in [0.15, 0.2) is 0 Å². The van der Waals surface area contributed by atoms with Gasteiger partial charge >= 0.3 is 5.97 Å². The molecule has 1 amide bonds. The highest BCUT2D eigenvalue weighted by Gasteiger charge is 2.24. The van der Waals surface area contributed by atoms with Crippen LogP contribution in [0.5, 0.6) is 0 Å². The Morgan fingerprint density at radius 3 is 1.34 bits per heavy atom. The highest BCUT2D eigenvalue weighted by Crippen LogP contribution is 2.17. The van der Waals surface area contributed by atoms with Gasteiger partial charge < -0.3 is 20.3 Å². The number of carbonyl (C=O) groups excluding carboxylic acids is 2. The van der Waals surface area contributed by atoms with Gasteiger partial charge in [0.05, 0.1) is 25.2 Å². The molecule has 61 heavy (non-hydrogen) atoms. The molecule has 0 aliphatic rings. The molecule has 354 valence electrons. The highest BCUT2D eigenvalue weighted by atomic mass is 16.5. The molecule has 6 heteroatoms. The molecule has 0 rings (SSSR count). The van der Waals surface area contributed by atoms with Crippen LogP contribution in [0, 0.1) is 0 Å². The summed E-state index contributed by atoms with van der Waals surface area (Å²) in [6.45, 7) is 6.42. The molecule has 0 saturated carbocycles. The second-order valence-electron chi connectivity index (χ2n) is 17.6. The number of ether oxygens (including phenoxy) is 1. The molecule has 3 unspecified atom stereocenters. The summed E-state index contributed by atoms with van der Waals surface area (Å²) in [5, 5.41) is 23.7. The highest BCUT2D eigenvalue weighted by molar-refractivity contribution is 5.77. The Labute approximate surface area is 378 Å². The largest absolute Gasteiger partial charge is 0.462 e. The molecule has 0 saturated heterocycles. The first-order chi connectivity index (χ1) is 30.0. The van der Waals surface area contributed by atoms with Crippen molar-refractivity contribution < 1.29 is 24.5 Å². The first-order valence-corrected chi connectivity index (χ1v) is 26.0. The fourth-order valence-corrected chi connectivity index (χ4v) is 7.59. The van der Waals surface area contributed by atoms with Gasteiger partial charge in [-0.05, 0) is 89.9 Å². The molecule has 0 aromatic rings. The monoisotopic (exact) mass is 854 g/mol. The van der Waals surface area contributed by atoms with Crippen molar-refractivity contribution in [3.8, 4) is 0 Å². The Hall–Kier alpha value is -2.44. The molecule has 0 bridgehead atoms. The minimum atomic E-state index is -0.800. The molecule has 0 aromatic carbocycles. The van der Waals surface area contributed by atoms with Gasteiger partial charge in [-0.25, -0.2) is 0 Å². The van der Waals surface area contributed by atoms with Crippen molar-refractivity contribution in [1.29, 1.82) is 0 Å². The lowest BCUT2D eigenvalue weighted by molar-refractivity contribution is -0.151. The van der Waals surface area contributed by atoms with Gasteiger partial charge in [0.1, 0.15) is 6.10 Å². The van der Waals surface area contributed by atoms with Gasteiger partial charge in [-0.15, -0.1) is 0 Å². The smallest absolute Gasteiger partial charge is 0.306 e. The quantitative estimate of drug-likeness (QED) is 0.0322. The number of esters is 1. The second-order valence-corrected chi connectivity index (χ2v) is 17.6. The Morgan fingerprint density at radius 2 is 0.852 bits per heavy atom. The molecule has 3 atom stereocenters. The molecule has 6 nitrogen and oxygen atoms in total. The van der Waals surface area contributed by atoms with E-state index in [-0.39, 0.29) is 24.9 Å². The van der Waals surface area contributed by atoms with Crippen LogP contribution in [-0.4, -0.2) is 46.9 Å². The molecule has 0 fully saturated rings. The number of hydrogen-bond donors (Lipinski definition) is 3. The third-order valence-electron chi connectivity index (χ3n) is 11.6. The molecule has 0 radical (unpaired) electrons. The summed E-state index contributed by atoms with van der Waals surface area (Å²) in [6, 6.07) is -0.717. The summed E-state index contributed by atoms with van der Waals surface area (Å²) in [4.78, 5) is 26.1. The molecular formula is C55H99NO5. The maximum atomic E-state index is 13.2. The van der Waals surface area contributed by atoms with Crippen molar-refractivity contribution in [2.24, 2.45) is 0 Å². The van der Waals surface area contributed by atoms with Crippen LogP contribution in [0.1, 0.15) is 252 Å². The van der Waals surface area contributed by atoms with E-state index >= 15 is 0 Å². The Bertz CT molecular complexity index is 1090. The summed E-state index contributed by atoms with van der Waals surface area (Å²) < 4.78 is 5.90. The molecule has 0 spiro atoms. The zero-order valence-electron chi connectivity index (χ0n) is 40.3. The number of aliphatic hydroxyl groups excluding tert-OH is 2. The van der Waals surface area contributed by atoms with Crippen molar-refractivity contribution >= 4 is 11.9 Å². The van der Waals surface area contributed by atoms with Crippen LogP contribution >= 0.6 is 0 Å². The van der Waals surface area contributed by atoms with Gasteiger partial charge in [0, 0.05) is 6.42 Å². The zero-order chi connectivity index (χ0) is 44.5. The van der Waals surface area contributed by atoms with E-state index in [0.29, 0.717) is 19.3 Å². The maximum absolute atomic E-state index is 13.2. The number of nitrogens with one attached hydrogen (secondary N) is 1. The first-order valence-electron chi connectivity index (χ1n) is 26.0. The first kappa shape index (κ1) is 58.6. The van der Waals surface area contributed by atoms with Crippen molar-refractivity contribution in [3.05, 3.63) is 60.8 Å². The van der Waals surface area contributed by atoms with E-state index in [9.17, 15) is 19.8 Å². The van der Waals surface area contributed by atoms with Crippen molar-refractivity contribution in [2.75, 3.05) is 6.61 Å². The van der Waals surface area contributed by atoms with Crippen molar-refractivity contribution in [2.45, 2.75) is 270 Å². The van der Waals surface area contributed by atoms with E-state index in [1.165, 1.54) is 122 Å². The topological polar surface area (TPSA) is 95.9 Å². The number of allylic oxidation sites excluding steroid dienone is 10. The maximum Gasteiger partial charge on any atom is 0.306 e. The number of aliphatic hydroxyl groups is 2. The Balaban J connectivity index is 4.60. The molecule has 0 aromatic heterocycles. The lowest BCUT2D eigenvalue weighted by atomic mass is 10.0. The third-order valence-corrected chi connectivity index (χ3v) is 11.6. The van der Waals surface area contributed by atoms with Crippen LogP contribution < -0.4 is 5.32 Å². The average molecular weight is 854 g/mol. The van der Waals surface area contributed by atoms with Crippen LogP contribution in [0.3, 0.4) is 0 Å². The van der Waals surface area contributed by atoms with Crippen LogP contribution in [-0.2, 0) is 14.3 Å². The number of unbranched alkanes of at least 4 members (excludes halogenated alkanes) is 24. The van der Waals surface area contributed by atoms with Gasteiger partial charge in [0.2, 0.25) is 5.91 Å². The number of carbonyl (C=O) groups is 2. The lowest BCUT2D eigenvalue weighted by Gasteiger charge is -2.24. The van der Waals surface area contributed by atoms with E-state index < -0.39 is 18.2 Å². The van der Waals surface area contributed by atoms with Gasteiger partial charge in [-0.2, -0.15) is 0 Å². The lowest BCUT2D eigenvalue weighted by Crippen LogP contribution is -2.46. The molecular weight excluding hydrogens is 755 g/mol. The van der Waals surface area contributed by atoms with E-state index in [4.69, 9.17) is 4.74 Å². The zero-order valence-corrected chi connectivity index (χ0v) is 40.3. The van der Waals surface area contributed by atoms with E-state index in [1.807, 2.05) is 0 Å². The van der Waals surface area contributed by atoms with E-state index in [2.05, 4.69) is 86.8 Å². The van der Waals surface area contributed by atoms with Crippen LogP contribution in [0.2, 0.25) is 0 Å². The normalized spacial score (nSPS) is 13.7.